The lowest BCUT2D eigenvalue weighted by Crippen LogP contribution is -2.15. The van der Waals surface area contributed by atoms with E-state index >= 15 is 0 Å². The predicted octanol–water partition coefficient (Wildman–Crippen LogP) is 5.40. The molecule has 0 spiro atoms. The minimum atomic E-state index is -4.56. The van der Waals surface area contributed by atoms with Crippen LogP contribution in [0.15, 0.2) is 47.4 Å². The first-order valence-electron chi connectivity index (χ1n) is 6.62. The van der Waals surface area contributed by atoms with E-state index in [4.69, 9.17) is 11.6 Å². The first-order valence-corrected chi connectivity index (χ1v) is 7.98. The lowest BCUT2D eigenvalue weighted by molar-refractivity contribution is -0.137. The number of aryl methyl sites for hydroxylation is 1. The highest BCUT2D eigenvalue weighted by Crippen LogP contribution is 2.36. The third kappa shape index (κ3) is 5.18. The first-order chi connectivity index (χ1) is 10.8. The van der Waals surface area contributed by atoms with Gasteiger partial charge in [0.15, 0.2) is 0 Å². The van der Waals surface area contributed by atoms with E-state index in [0.717, 1.165) is 22.6 Å². The lowest BCUT2D eigenvalue weighted by atomic mass is 10.2. The smallest absolute Gasteiger partial charge is 0.325 e. The molecule has 0 atom stereocenters. The molecule has 0 saturated heterocycles. The predicted molar refractivity (Wildman–Crippen MR) is 87.0 cm³/mol. The van der Waals surface area contributed by atoms with Crippen LogP contribution in [0.4, 0.5) is 18.9 Å². The Balaban J connectivity index is 1.99. The molecule has 0 bridgehead atoms. The topological polar surface area (TPSA) is 29.1 Å². The van der Waals surface area contributed by atoms with E-state index in [2.05, 4.69) is 5.32 Å². The molecule has 1 amide bonds. The number of thioether (sulfide) groups is 1. The number of carbonyl (C=O) groups excluding carboxylic acids is 1. The van der Waals surface area contributed by atoms with Crippen LogP contribution in [0.25, 0.3) is 0 Å². The maximum absolute atomic E-state index is 12.8. The SMILES string of the molecule is Cc1ccc(SCC(=O)Nc2ccc(Cl)c(C(F)(F)F)c2)cc1. The fourth-order valence-electron chi connectivity index (χ4n) is 1.80. The third-order valence-corrected chi connectivity index (χ3v) is 4.29. The average molecular weight is 360 g/mol. The molecule has 0 radical (unpaired) electrons. The lowest BCUT2D eigenvalue weighted by Gasteiger charge is -2.11. The zero-order valence-corrected chi connectivity index (χ0v) is 13.6. The second kappa shape index (κ2) is 7.27. The maximum atomic E-state index is 12.8. The summed E-state index contributed by atoms with van der Waals surface area (Å²) in [5.41, 5.74) is 0.207. The summed E-state index contributed by atoms with van der Waals surface area (Å²) in [6.07, 6.45) is -4.56. The molecule has 0 heterocycles. The van der Waals surface area contributed by atoms with Crippen molar-refractivity contribution < 1.29 is 18.0 Å². The average Bonchev–Trinajstić information content (AvgIpc) is 2.47. The fraction of sp³-hybridized carbons (Fsp3) is 0.188. The van der Waals surface area contributed by atoms with Crippen molar-refractivity contribution in [1.29, 1.82) is 0 Å². The van der Waals surface area contributed by atoms with Crippen molar-refractivity contribution in [3.63, 3.8) is 0 Å². The summed E-state index contributed by atoms with van der Waals surface area (Å²) < 4.78 is 38.3. The Hall–Kier alpha value is -1.66. The maximum Gasteiger partial charge on any atom is 0.417 e. The first kappa shape index (κ1) is 17.7. The van der Waals surface area contributed by atoms with Crippen LogP contribution in [0.3, 0.4) is 0 Å². The van der Waals surface area contributed by atoms with Crippen LogP contribution in [-0.4, -0.2) is 11.7 Å². The summed E-state index contributed by atoms with van der Waals surface area (Å²) in [5, 5.41) is 2.05. The molecular formula is C16H13ClF3NOS. The van der Waals surface area contributed by atoms with Gasteiger partial charge >= 0.3 is 6.18 Å². The number of carbonyl (C=O) groups is 1. The van der Waals surface area contributed by atoms with Gasteiger partial charge in [0.05, 0.1) is 16.3 Å². The molecule has 7 heteroatoms. The Kier molecular flexibility index (Phi) is 5.59. The molecule has 0 fully saturated rings. The highest BCUT2D eigenvalue weighted by Gasteiger charge is 2.33. The van der Waals surface area contributed by atoms with Crippen molar-refractivity contribution in [2.24, 2.45) is 0 Å². The Labute approximate surface area is 141 Å². The van der Waals surface area contributed by atoms with E-state index in [9.17, 15) is 18.0 Å². The second-order valence-corrected chi connectivity index (χ2v) is 6.30. The number of rotatable bonds is 4. The van der Waals surface area contributed by atoms with Gasteiger partial charge in [-0.25, -0.2) is 0 Å². The molecule has 0 saturated carbocycles. The number of benzene rings is 2. The van der Waals surface area contributed by atoms with Crippen LogP contribution in [0.1, 0.15) is 11.1 Å². The van der Waals surface area contributed by atoms with Crippen molar-refractivity contribution in [3.8, 4) is 0 Å². The standard InChI is InChI=1S/C16H13ClF3NOS/c1-10-2-5-12(6-3-10)23-9-15(22)21-11-4-7-14(17)13(8-11)16(18,19)20/h2-8H,9H2,1H3,(H,21,22). The van der Waals surface area contributed by atoms with E-state index in [-0.39, 0.29) is 17.3 Å². The van der Waals surface area contributed by atoms with E-state index in [1.54, 1.807) is 0 Å². The molecule has 2 aromatic rings. The summed E-state index contributed by atoms with van der Waals surface area (Å²) in [6, 6.07) is 10.9. The van der Waals surface area contributed by atoms with Gasteiger partial charge in [-0.3, -0.25) is 4.79 Å². The van der Waals surface area contributed by atoms with Gasteiger partial charge in [-0.05, 0) is 37.3 Å². The van der Waals surface area contributed by atoms with Crippen molar-refractivity contribution in [3.05, 3.63) is 58.6 Å². The molecule has 1 N–H and O–H groups in total. The summed E-state index contributed by atoms with van der Waals surface area (Å²) in [6.45, 7) is 1.96. The molecule has 0 unspecified atom stereocenters. The third-order valence-electron chi connectivity index (χ3n) is 2.95. The molecule has 0 aliphatic heterocycles. The highest BCUT2D eigenvalue weighted by atomic mass is 35.5. The molecule has 23 heavy (non-hydrogen) atoms. The Morgan fingerprint density at radius 1 is 1.17 bits per heavy atom. The molecule has 2 aromatic carbocycles. The number of halogens is 4. The monoisotopic (exact) mass is 359 g/mol. The van der Waals surface area contributed by atoms with E-state index in [1.165, 1.54) is 17.8 Å². The Bertz CT molecular complexity index is 701. The summed E-state index contributed by atoms with van der Waals surface area (Å²) >= 11 is 6.84. The summed E-state index contributed by atoms with van der Waals surface area (Å²) in [7, 11) is 0. The fourth-order valence-corrected chi connectivity index (χ4v) is 2.72. The molecular weight excluding hydrogens is 347 g/mol. The van der Waals surface area contributed by atoms with E-state index in [0.29, 0.717) is 0 Å². The molecule has 122 valence electrons. The second-order valence-electron chi connectivity index (χ2n) is 4.84. The number of nitrogens with one attached hydrogen (secondary N) is 1. The number of amides is 1. The number of anilines is 1. The van der Waals surface area contributed by atoms with Crippen molar-refractivity contribution in [2.75, 3.05) is 11.1 Å². The number of hydrogen-bond donors (Lipinski definition) is 1. The van der Waals surface area contributed by atoms with Crippen LogP contribution in [0, 0.1) is 6.92 Å². The van der Waals surface area contributed by atoms with Crippen LogP contribution in [0.5, 0.6) is 0 Å². The van der Waals surface area contributed by atoms with Gasteiger partial charge < -0.3 is 5.32 Å². The molecule has 0 aliphatic rings. The zero-order valence-electron chi connectivity index (χ0n) is 12.1. The Morgan fingerprint density at radius 2 is 1.83 bits per heavy atom. The molecule has 2 nitrogen and oxygen atoms in total. The zero-order chi connectivity index (χ0) is 17.0. The largest absolute Gasteiger partial charge is 0.417 e. The summed E-state index contributed by atoms with van der Waals surface area (Å²) in [5.74, 6) is -0.279. The molecule has 2 rings (SSSR count). The molecule has 0 aliphatic carbocycles. The highest BCUT2D eigenvalue weighted by molar-refractivity contribution is 8.00. The summed E-state index contributed by atoms with van der Waals surface area (Å²) in [4.78, 5) is 12.8. The van der Waals surface area contributed by atoms with Gasteiger partial charge in [0.1, 0.15) is 0 Å². The minimum Gasteiger partial charge on any atom is -0.325 e. The van der Waals surface area contributed by atoms with Crippen LogP contribution in [-0.2, 0) is 11.0 Å². The van der Waals surface area contributed by atoms with Gasteiger partial charge in [-0.1, -0.05) is 29.3 Å². The number of alkyl halides is 3. The van der Waals surface area contributed by atoms with E-state index in [1.807, 2.05) is 31.2 Å². The number of hydrogen-bond acceptors (Lipinski definition) is 2. The minimum absolute atomic E-state index is 0.0660. The van der Waals surface area contributed by atoms with Gasteiger partial charge in [-0.15, -0.1) is 11.8 Å². The van der Waals surface area contributed by atoms with E-state index < -0.39 is 16.8 Å². The van der Waals surface area contributed by atoms with Crippen LogP contribution < -0.4 is 5.32 Å². The van der Waals surface area contributed by atoms with Gasteiger partial charge in [0.25, 0.3) is 0 Å². The van der Waals surface area contributed by atoms with Gasteiger partial charge in [-0.2, -0.15) is 13.2 Å². The van der Waals surface area contributed by atoms with Gasteiger partial charge in [0, 0.05) is 10.6 Å². The van der Waals surface area contributed by atoms with Gasteiger partial charge in [0.2, 0.25) is 5.91 Å². The van der Waals surface area contributed by atoms with Crippen LogP contribution in [0.2, 0.25) is 5.02 Å². The van der Waals surface area contributed by atoms with Crippen molar-refractivity contribution in [2.45, 2.75) is 18.0 Å². The quantitative estimate of drug-likeness (QED) is 0.741. The van der Waals surface area contributed by atoms with Crippen molar-refractivity contribution >= 4 is 35.0 Å². The molecule has 0 aromatic heterocycles. The Morgan fingerprint density at radius 3 is 2.43 bits per heavy atom. The van der Waals surface area contributed by atoms with Crippen LogP contribution >= 0.6 is 23.4 Å². The van der Waals surface area contributed by atoms with Crippen molar-refractivity contribution in [1.82, 2.24) is 0 Å². The normalized spacial score (nSPS) is 11.3.